The zero-order chi connectivity index (χ0) is 14.5. The standard InChI is InChI=1S/C15H22N4O/c1-4-13(16)5-12-6-14(8-17-7-12)20-15-9-18-19(10-15)11(2)3/h6-11,13H,4-5,16H2,1-3H3. The predicted molar refractivity (Wildman–Crippen MR) is 78.9 cm³/mol. The van der Waals surface area contributed by atoms with Crippen molar-refractivity contribution in [2.24, 2.45) is 5.73 Å². The highest BCUT2D eigenvalue weighted by atomic mass is 16.5. The quantitative estimate of drug-likeness (QED) is 0.879. The Bertz CT molecular complexity index is 550. The lowest BCUT2D eigenvalue weighted by Gasteiger charge is -2.09. The van der Waals surface area contributed by atoms with Gasteiger partial charge in [0.15, 0.2) is 5.75 Å². The van der Waals surface area contributed by atoms with Gasteiger partial charge in [-0.1, -0.05) is 6.92 Å². The summed E-state index contributed by atoms with van der Waals surface area (Å²) in [7, 11) is 0. The van der Waals surface area contributed by atoms with Crippen LogP contribution in [0.1, 0.15) is 38.8 Å². The lowest BCUT2D eigenvalue weighted by atomic mass is 10.1. The molecule has 20 heavy (non-hydrogen) atoms. The van der Waals surface area contributed by atoms with Crippen molar-refractivity contribution in [3.8, 4) is 11.5 Å². The van der Waals surface area contributed by atoms with Gasteiger partial charge in [0.25, 0.3) is 0 Å². The molecule has 2 N–H and O–H groups in total. The Balaban J connectivity index is 2.06. The molecule has 5 heteroatoms. The van der Waals surface area contributed by atoms with Gasteiger partial charge in [0.1, 0.15) is 5.75 Å². The van der Waals surface area contributed by atoms with E-state index in [1.807, 2.05) is 23.1 Å². The molecule has 0 aromatic carbocycles. The summed E-state index contributed by atoms with van der Waals surface area (Å²) in [6.07, 6.45) is 8.89. The molecule has 2 aromatic rings. The molecule has 2 heterocycles. The Morgan fingerprint density at radius 1 is 1.25 bits per heavy atom. The molecular weight excluding hydrogens is 252 g/mol. The minimum Gasteiger partial charge on any atom is -0.452 e. The fraction of sp³-hybridized carbons (Fsp3) is 0.467. The van der Waals surface area contributed by atoms with Crippen LogP contribution in [0.25, 0.3) is 0 Å². The van der Waals surface area contributed by atoms with Crippen LogP contribution in [0.2, 0.25) is 0 Å². The Hall–Kier alpha value is -1.88. The number of hydrogen-bond acceptors (Lipinski definition) is 4. The Morgan fingerprint density at radius 2 is 2.05 bits per heavy atom. The minimum absolute atomic E-state index is 0.163. The van der Waals surface area contributed by atoms with Crippen LogP contribution in [-0.2, 0) is 6.42 Å². The maximum absolute atomic E-state index is 5.96. The first-order valence-electron chi connectivity index (χ1n) is 7.00. The second-order valence-electron chi connectivity index (χ2n) is 5.25. The van der Waals surface area contributed by atoms with E-state index >= 15 is 0 Å². The third-order valence-electron chi connectivity index (χ3n) is 3.13. The number of rotatable bonds is 6. The molecule has 1 atom stereocenters. The molecule has 0 radical (unpaired) electrons. The summed E-state index contributed by atoms with van der Waals surface area (Å²) in [6, 6.07) is 2.46. The molecule has 2 aromatic heterocycles. The van der Waals surface area contributed by atoms with Gasteiger partial charge in [0, 0.05) is 18.3 Å². The molecular formula is C15H22N4O. The summed E-state index contributed by atoms with van der Waals surface area (Å²) in [4.78, 5) is 4.20. The first kappa shape index (κ1) is 14.5. The smallest absolute Gasteiger partial charge is 0.165 e. The summed E-state index contributed by atoms with van der Waals surface area (Å²) in [5.74, 6) is 1.44. The summed E-state index contributed by atoms with van der Waals surface area (Å²) in [5, 5.41) is 4.25. The summed E-state index contributed by atoms with van der Waals surface area (Å²) in [6.45, 7) is 6.23. The fourth-order valence-electron chi connectivity index (χ4n) is 1.87. The monoisotopic (exact) mass is 274 g/mol. The Labute approximate surface area is 119 Å². The maximum atomic E-state index is 5.96. The van der Waals surface area contributed by atoms with Crippen LogP contribution in [0.3, 0.4) is 0 Å². The molecule has 0 fully saturated rings. The van der Waals surface area contributed by atoms with Crippen molar-refractivity contribution in [1.82, 2.24) is 14.8 Å². The van der Waals surface area contributed by atoms with Gasteiger partial charge in [-0.15, -0.1) is 0 Å². The summed E-state index contributed by atoms with van der Waals surface area (Å²) >= 11 is 0. The molecule has 0 spiro atoms. The third kappa shape index (κ3) is 3.81. The number of ether oxygens (including phenoxy) is 1. The van der Waals surface area contributed by atoms with Gasteiger partial charge in [0.2, 0.25) is 0 Å². The van der Waals surface area contributed by atoms with E-state index in [4.69, 9.17) is 10.5 Å². The van der Waals surface area contributed by atoms with E-state index in [1.54, 1.807) is 12.4 Å². The van der Waals surface area contributed by atoms with Crippen molar-refractivity contribution in [3.63, 3.8) is 0 Å². The van der Waals surface area contributed by atoms with Crippen LogP contribution in [0.15, 0.2) is 30.9 Å². The Kier molecular flexibility index (Phi) is 4.74. The number of nitrogens with two attached hydrogens (primary N) is 1. The van der Waals surface area contributed by atoms with E-state index in [9.17, 15) is 0 Å². The van der Waals surface area contributed by atoms with Crippen molar-refractivity contribution in [1.29, 1.82) is 0 Å². The highest BCUT2D eigenvalue weighted by Crippen LogP contribution is 2.22. The van der Waals surface area contributed by atoms with Crippen LogP contribution in [0.5, 0.6) is 11.5 Å². The van der Waals surface area contributed by atoms with E-state index < -0.39 is 0 Å². The van der Waals surface area contributed by atoms with Crippen LogP contribution in [-0.4, -0.2) is 20.8 Å². The van der Waals surface area contributed by atoms with Gasteiger partial charge in [-0.3, -0.25) is 9.67 Å². The normalized spacial score (nSPS) is 12.7. The first-order chi connectivity index (χ1) is 9.58. The van der Waals surface area contributed by atoms with E-state index in [0.717, 1.165) is 24.2 Å². The number of hydrogen-bond donors (Lipinski definition) is 1. The zero-order valence-electron chi connectivity index (χ0n) is 12.3. The maximum Gasteiger partial charge on any atom is 0.165 e. The van der Waals surface area contributed by atoms with Gasteiger partial charge < -0.3 is 10.5 Å². The van der Waals surface area contributed by atoms with Gasteiger partial charge >= 0.3 is 0 Å². The van der Waals surface area contributed by atoms with Gasteiger partial charge in [-0.05, 0) is 38.3 Å². The summed E-state index contributed by atoms with van der Waals surface area (Å²) in [5.41, 5.74) is 7.05. The van der Waals surface area contributed by atoms with E-state index in [-0.39, 0.29) is 6.04 Å². The van der Waals surface area contributed by atoms with Crippen molar-refractivity contribution < 1.29 is 4.74 Å². The van der Waals surface area contributed by atoms with E-state index in [2.05, 4.69) is 30.9 Å². The second-order valence-corrected chi connectivity index (χ2v) is 5.25. The van der Waals surface area contributed by atoms with Crippen LogP contribution < -0.4 is 10.5 Å². The molecule has 0 aliphatic rings. The highest BCUT2D eigenvalue weighted by molar-refractivity contribution is 5.29. The average molecular weight is 274 g/mol. The lowest BCUT2D eigenvalue weighted by molar-refractivity contribution is 0.473. The Morgan fingerprint density at radius 3 is 2.70 bits per heavy atom. The van der Waals surface area contributed by atoms with Gasteiger partial charge in [-0.2, -0.15) is 5.10 Å². The minimum atomic E-state index is 0.163. The van der Waals surface area contributed by atoms with Crippen molar-refractivity contribution in [2.75, 3.05) is 0 Å². The lowest BCUT2D eigenvalue weighted by Crippen LogP contribution is -2.21. The van der Waals surface area contributed by atoms with Gasteiger partial charge in [0.05, 0.1) is 18.6 Å². The first-order valence-corrected chi connectivity index (χ1v) is 7.00. The molecule has 2 rings (SSSR count). The zero-order valence-corrected chi connectivity index (χ0v) is 12.3. The SMILES string of the molecule is CCC(N)Cc1cncc(Oc2cnn(C(C)C)c2)c1. The number of aromatic nitrogens is 3. The molecule has 0 bridgehead atoms. The molecule has 0 aliphatic carbocycles. The summed E-state index contributed by atoms with van der Waals surface area (Å²) < 4.78 is 7.64. The molecule has 5 nitrogen and oxygen atoms in total. The molecule has 0 saturated heterocycles. The fourth-order valence-corrected chi connectivity index (χ4v) is 1.87. The second kappa shape index (κ2) is 6.52. The molecule has 0 aliphatic heterocycles. The number of nitrogens with zero attached hydrogens (tertiary/aromatic N) is 3. The van der Waals surface area contributed by atoms with Gasteiger partial charge in [-0.25, -0.2) is 0 Å². The van der Waals surface area contributed by atoms with Crippen LogP contribution in [0, 0.1) is 0 Å². The number of pyridine rings is 1. The predicted octanol–water partition coefficient (Wildman–Crippen LogP) is 2.93. The van der Waals surface area contributed by atoms with Crippen molar-refractivity contribution in [3.05, 3.63) is 36.4 Å². The van der Waals surface area contributed by atoms with Crippen molar-refractivity contribution in [2.45, 2.75) is 45.7 Å². The van der Waals surface area contributed by atoms with Crippen molar-refractivity contribution >= 4 is 0 Å². The largest absolute Gasteiger partial charge is 0.452 e. The van der Waals surface area contributed by atoms with E-state index in [0.29, 0.717) is 11.8 Å². The molecule has 0 saturated carbocycles. The molecule has 108 valence electrons. The van der Waals surface area contributed by atoms with Crippen LogP contribution >= 0.6 is 0 Å². The topological polar surface area (TPSA) is 66.0 Å². The third-order valence-corrected chi connectivity index (χ3v) is 3.13. The van der Waals surface area contributed by atoms with E-state index in [1.165, 1.54) is 0 Å². The highest BCUT2D eigenvalue weighted by Gasteiger charge is 2.06. The molecule has 0 amide bonds. The molecule has 1 unspecified atom stereocenters. The van der Waals surface area contributed by atoms with Crippen LogP contribution in [0.4, 0.5) is 0 Å². The average Bonchev–Trinajstić information content (AvgIpc) is 2.87.